The molecule has 0 saturated carbocycles. The van der Waals surface area contributed by atoms with E-state index in [1.165, 1.54) is 12.1 Å². The van der Waals surface area contributed by atoms with Crippen LogP contribution in [-0.4, -0.2) is 38.0 Å². The van der Waals surface area contributed by atoms with Gasteiger partial charge >= 0.3 is 8.25 Å². The van der Waals surface area contributed by atoms with E-state index in [1.54, 1.807) is 0 Å². The van der Waals surface area contributed by atoms with Crippen molar-refractivity contribution in [2.75, 3.05) is 26.4 Å². The first-order valence-corrected chi connectivity index (χ1v) is 10.4. The lowest BCUT2D eigenvalue weighted by molar-refractivity contribution is 0.0873. The Morgan fingerprint density at radius 3 is 1.70 bits per heavy atom. The molecule has 2 aliphatic heterocycles. The highest BCUT2D eigenvalue weighted by Gasteiger charge is 2.22. The van der Waals surface area contributed by atoms with E-state index in [4.69, 9.17) is 18.5 Å². The van der Waals surface area contributed by atoms with Crippen LogP contribution in [0.5, 0.6) is 11.5 Å². The van der Waals surface area contributed by atoms with Crippen LogP contribution < -0.4 is 9.47 Å². The van der Waals surface area contributed by atoms with Crippen molar-refractivity contribution < 1.29 is 41.5 Å². The van der Waals surface area contributed by atoms with Gasteiger partial charge in [0.15, 0.2) is 11.6 Å². The molecule has 0 spiro atoms. The molecule has 4 rings (SSSR count). The topological polar surface area (TPSA) is 88.1 Å². The molecule has 30 heavy (non-hydrogen) atoms. The van der Waals surface area contributed by atoms with E-state index in [2.05, 4.69) is 0 Å². The number of carbonyl (C=O) groups excluding carboxylic acids is 2. The molecule has 0 aliphatic carbocycles. The van der Waals surface area contributed by atoms with Crippen molar-refractivity contribution in [3.8, 4) is 11.5 Å². The van der Waals surface area contributed by atoms with Crippen LogP contribution in [-0.2, 0) is 26.5 Å². The predicted molar refractivity (Wildman–Crippen MR) is 101 cm³/mol. The number of ether oxygens (including phenoxy) is 2. The highest BCUT2D eigenvalue weighted by Crippen LogP contribution is 2.31. The Balaban J connectivity index is 1.30. The van der Waals surface area contributed by atoms with Crippen LogP contribution in [0, 0.1) is 11.6 Å². The zero-order valence-corrected chi connectivity index (χ0v) is 16.7. The average Bonchev–Trinajstić information content (AvgIpc) is 3.37. The molecule has 0 bridgehead atoms. The number of hydrogen-bond acceptors (Lipinski definition) is 7. The summed E-state index contributed by atoms with van der Waals surface area (Å²) in [6.45, 7) is -0.549. The first-order chi connectivity index (χ1) is 14.4. The van der Waals surface area contributed by atoms with Crippen molar-refractivity contribution >= 4 is 19.8 Å². The maximum absolute atomic E-state index is 14.0. The van der Waals surface area contributed by atoms with Gasteiger partial charge in [-0.1, -0.05) is 0 Å². The van der Waals surface area contributed by atoms with Gasteiger partial charge in [-0.25, -0.2) is 8.78 Å². The zero-order valence-electron chi connectivity index (χ0n) is 15.7. The monoisotopic (exact) mass is 438 g/mol. The molecular formula is C20H17F2O7P. The van der Waals surface area contributed by atoms with Gasteiger partial charge in [0.25, 0.3) is 0 Å². The molecule has 0 N–H and O–H groups in total. The fourth-order valence-electron chi connectivity index (χ4n) is 3.27. The van der Waals surface area contributed by atoms with E-state index in [1.807, 2.05) is 0 Å². The third-order valence-electron chi connectivity index (χ3n) is 4.80. The Hall–Kier alpha value is -2.61. The van der Waals surface area contributed by atoms with Gasteiger partial charge in [0.1, 0.15) is 36.3 Å². The summed E-state index contributed by atoms with van der Waals surface area (Å²) in [5, 5.41) is 0. The number of ketones is 2. The minimum absolute atomic E-state index is 0.201. The molecule has 158 valence electrons. The Labute approximate surface area is 170 Å². The Morgan fingerprint density at radius 2 is 1.27 bits per heavy atom. The van der Waals surface area contributed by atoms with Crippen LogP contribution in [0.15, 0.2) is 24.3 Å². The number of fused-ring (bicyclic) bond motifs is 2. The maximum atomic E-state index is 14.0. The zero-order chi connectivity index (χ0) is 21.3. The highest BCUT2D eigenvalue weighted by atomic mass is 31.1. The Morgan fingerprint density at radius 1 is 0.833 bits per heavy atom. The molecular weight excluding hydrogens is 421 g/mol. The normalized spacial score (nSPS) is 14.2. The van der Waals surface area contributed by atoms with Crippen molar-refractivity contribution in [3.05, 3.63) is 58.2 Å². The minimum Gasteiger partial charge on any atom is -0.493 e. The molecule has 0 unspecified atom stereocenters. The summed E-state index contributed by atoms with van der Waals surface area (Å²) in [6, 6.07) is 5.02. The summed E-state index contributed by atoms with van der Waals surface area (Å²) in [6.07, 6.45) is 1.12. The number of rotatable bonds is 8. The third-order valence-corrected chi connectivity index (χ3v) is 5.56. The fourth-order valence-corrected chi connectivity index (χ4v) is 3.86. The summed E-state index contributed by atoms with van der Waals surface area (Å²) >= 11 is 0. The van der Waals surface area contributed by atoms with Gasteiger partial charge in [0.2, 0.25) is 0 Å². The van der Waals surface area contributed by atoms with Crippen molar-refractivity contribution in [1.29, 1.82) is 0 Å². The second kappa shape index (κ2) is 8.63. The standard InChI is InChI=1S/C20H17F2O7P/c21-15-7-19-11(1-3-26-19)5-13(15)17(23)9-28-30(25)29-10-18(24)14-6-12-2-4-27-20(12)8-16(14)22/h5-8,30H,1-4,9-10H2. The van der Waals surface area contributed by atoms with Gasteiger partial charge in [0.05, 0.1) is 24.3 Å². The van der Waals surface area contributed by atoms with Crippen molar-refractivity contribution in [2.24, 2.45) is 0 Å². The van der Waals surface area contributed by atoms with Crippen molar-refractivity contribution in [2.45, 2.75) is 12.8 Å². The van der Waals surface area contributed by atoms with E-state index in [-0.39, 0.29) is 11.1 Å². The van der Waals surface area contributed by atoms with E-state index < -0.39 is 44.7 Å². The van der Waals surface area contributed by atoms with Gasteiger partial charge in [0, 0.05) is 25.0 Å². The van der Waals surface area contributed by atoms with Crippen molar-refractivity contribution in [3.63, 3.8) is 0 Å². The molecule has 0 amide bonds. The summed E-state index contributed by atoms with van der Waals surface area (Å²) in [5.41, 5.74) is 1.01. The molecule has 0 fully saturated rings. The van der Waals surface area contributed by atoms with Crippen LogP contribution in [0.3, 0.4) is 0 Å². The molecule has 0 radical (unpaired) electrons. The molecule has 2 heterocycles. The summed E-state index contributed by atoms with van der Waals surface area (Å²) in [5.74, 6) is -2.19. The van der Waals surface area contributed by atoms with E-state index >= 15 is 0 Å². The highest BCUT2D eigenvalue weighted by molar-refractivity contribution is 7.33. The lowest BCUT2D eigenvalue weighted by atomic mass is 10.1. The maximum Gasteiger partial charge on any atom is 0.320 e. The third kappa shape index (κ3) is 4.28. The smallest absolute Gasteiger partial charge is 0.320 e. The molecule has 7 nitrogen and oxygen atoms in total. The van der Waals surface area contributed by atoms with Gasteiger partial charge in [-0.2, -0.15) is 0 Å². The van der Waals surface area contributed by atoms with Crippen LogP contribution in [0.1, 0.15) is 31.8 Å². The average molecular weight is 438 g/mol. The molecule has 0 aromatic heterocycles. The number of hydrogen-bond donors (Lipinski definition) is 0. The van der Waals surface area contributed by atoms with Crippen LogP contribution >= 0.6 is 8.25 Å². The number of benzene rings is 2. The van der Waals surface area contributed by atoms with E-state index in [9.17, 15) is 22.9 Å². The molecule has 10 heteroatoms. The largest absolute Gasteiger partial charge is 0.493 e. The Kier molecular flexibility index (Phi) is 5.94. The van der Waals surface area contributed by atoms with Gasteiger partial charge < -0.3 is 18.5 Å². The molecule has 0 atom stereocenters. The second-order valence-electron chi connectivity index (χ2n) is 6.75. The lowest BCUT2D eigenvalue weighted by Crippen LogP contribution is -2.11. The Bertz CT molecular complexity index is 972. The molecule has 2 aliphatic rings. The van der Waals surface area contributed by atoms with Crippen LogP contribution in [0.25, 0.3) is 0 Å². The molecule has 0 saturated heterocycles. The SMILES string of the molecule is O=C(CO[PH](=O)OCC(=O)c1cc2c(cc1F)OCC2)c1cc2c(cc1F)OCC2. The van der Waals surface area contributed by atoms with Gasteiger partial charge in [-0.05, 0) is 23.3 Å². The first kappa shape index (κ1) is 20.7. The minimum atomic E-state index is -3.23. The number of Topliss-reactive ketones (excluding diaryl/α,β-unsaturated/α-hetero) is 2. The summed E-state index contributed by atoms with van der Waals surface area (Å²) in [7, 11) is -3.23. The molecule has 2 aromatic carbocycles. The summed E-state index contributed by atoms with van der Waals surface area (Å²) < 4.78 is 60.1. The van der Waals surface area contributed by atoms with Crippen LogP contribution in [0.4, 0.5) is 8.78 Å². The molecule has 2 aromatic rings. The quantitative estimate of drug-likeness (QED) is 0.462. The van der Waals surface area contributed by atoms with Crippen molar-refractivity contribution in [1.82, 2.24) is 0 Å². The lowest BCUT2D eigenvalue weighted by Gasteiger charge is -2.08. The number of halogens is 2. The fraction of sp³-hybridized carbons (Fsp3) is 0.300. The second-order valence-corrected chi connectivity index (χ2v) is 7.83. The van der Waals surface area contributed by atoms with E-state index in [0.29, 0.717) is 48.7 Å². The first-order valence-electron chi connectivity index (χ1n) is 9.19. The van der Waals surface area contributed by atoms with Crippen LogP contribution in [0.2, 0.25) is 0 Å². The number of carbonyl (C=O) groups is 2. The van der Waals surface area contributed by atoms with Gasteiger partial charge in [-0.15, -0.1) is 0 Å². The van der Waals surface area contributed by atoms with E-state index in [0.717, 1.165) is 12.1 Å². The van der Waals surface area contributed by atoms with Gasteiger partial charge in [-0.3, -0.25) is 14.2 Å². The summed E-state index contributed by atoms with van der Waals surface area (Å²) in [4.78, 5) is 24.3. The predicted octanol–water partition coefficient (Wildman–Crippen LogP) is 3.32.